The predicted molar refractivity (Wildman–Crippen MR) is 47.3 cm³/mol. The number of hydrogen-bond acceptors (Lipinski definition) is 3. The van der Waals surface area contributed by atoms with Crippen LogP contribution < -0.4 is 22.7 Å². The lowest BCUT2D eigenvalue weighted by Crippen LogP contribution is -2.29. The number of nitrogens with two attached hydrogens (primary N) is 3. The van der Waals surface area contributed by atoms with Gasteiger partial charge < -0.3 is 17.2 Å². The second-order valence-corrected chi connectivity index (χ2v) is 2.07. The van der Waals surface area contributed by atoms with Crippen molar-refractivity contribution in [2.45, 2.75) is 19.8 Å². The lowest BCUT2D eigenvalue weighted by molar-refractivity contribution is 0.0625. The van der Waals surface area contributed by atoms with Crippen molar-refractivity contribution in [2.24, 2.45) is 17.2 Å². The molecular formula is C6H16N4O3. The van der Waals surface area contributed by atoms with Crippen LogP contribution in [0.5, 0.6) is 0 Å². The predicted octanol–water partition coefficient (Wildman–Crippen LogP) is -0.590. The van der Waals surface area contributed by atoms with Gasteiger partial charge in [0.25, 0.3) is 0 Å². The third kappa shape index (κ3) is 37.5. The molecule has 0 atom stereocenters. The van der Waals surface area contributed by atoms with E-state index in [0.717, 1.165) is 12.8 Å². The Morgan fingerprint density at radius 1 is 1.31 bits per heavy atom. The molecule has 4 amide bonds. The molecule has 0 unspecified atom stereocenters. The molecule has 7 heteroatoms. The fraction of sp³-hybridized carbons (Fsp3) is 0.667. The van der Waals surface area contributed by atoms with Gasteiger partial charge in [0, 0.05) is 0 Å². The summed E-state index contributed by atoms with van der Waals surface area (Å²) >= 11 is 0. The van der Waals surface area contributed by atoms with E-state index < -0.39 is 12.1 Å². The number of hydrogen-bond donors (Lipinski definition) is 4. The smallest absolute Gasteiger partial charge is 0.336 e. The third-order valence-electron chi connectivity index (χ3n) is 0.773. The number of nitrogens with one attached hydrogen (secondary N) is 1. The van der Waals surface area contributed by atoms with Crippen molar-refractivity contribution in [3.8, 4) is 0 Å². The van der Waals surface area contributed by atoms with Crippen LogP contribution in [-0.4, -0.2) is 18.7 Å². The Morgan fingerprint density at radius 2 is 1.77 bits per heavy atom. The Balaban J connectivity index is 0. The maximum Gasteiger partial charge on any atom is 0.336 e. The van der Waals surface area contributed by atoms with Gasteiger partial charge in [0.15, 0.2) is 0 Å². The molecule has 0 radical (unpaired) electrons. The molecule has 0 saturated heterocycles. The van der Waals surface area contributed by atoms with E-state index in [9.17, 15) is 4.79 Å². The van der Waals surface area contributed by atoms with Gasteiger partial charge in [-0.05, 0) is 6.42 Å². The van der Waals surface area contributed by atoms with Crippen molar-refractivity contribution in [1.82, 2.24) is 5.48 Å². The van der Waals surface area contributed by atoms with Gasteiger partial charge in [-0.15, -0.1) is 0 Å². The summed E-state index contributed by atoms with van der Waals surface area (Å²) in [6.45, 7) is 2.56. The van der Waals surface area contributed by atoms with Crippen LogP contribution in [0.3, 0.4) is 0 Å². The van der Waals surface area contributed by atoms with Gasteiger partial charge in [-0.2, -0.15) is 0 Å². The highest BCUT2D eigenvalue weighted by Crippen LogP contribution is 1.83. The summed E-state index contributed by atoms with van der Waals surface area (Å²) in [5.41, 5.74) is 15.2. The Bertz CT molecular complexity index is 147. The Hall–Kier alpha value is -1.50. The molecule has 0 aromatic heterocycles. The van der Waals surface area contributed by atoms with Crippen LogP contribution in [0, 0.1) is 0 Å². The number of urea groups is 2. The molecule has 7 nitrogen and oxygen atoms in total. The third-order valence-corrected chi connectivity index (χ3v) is 0.773. The number of carbonyl (C=O) groups is 2. The zero-order valence-electron chi connectivity index (χ0n) is 7.58. The molecule has 0 spiro atoms. The molecule has 7 N–H and O–H groups in total. The average molecular weight is 192 g/mol. The molecule has 0 aliphatic rings. The summed E-state index contributed by atoms with van der Waals surface area (Å²) in [7, 11) is 0. The number of rotatable bonds is 4. The van der Waals surface area contributed by atoms with Crippen LogP contribution in [0.15, 0.2) is 0 Å². The van der Waals surface area contributed by atoms with E-state index in [1.54, 1.807) is 0 Å². The lowest BCUT2D eigenvalue weighted by atomic mass is 10.4. The monoisotopic (exact) mass is 192 g/mol. The summed E-state index contributed by atoms with van der Waals surface area (Å²) in [5.74, 6) is 0. The van der Waals surface area contributed by atoms with Crippen molar-refractivity contribution in [3.05, 3.63) is 0 Å². The molecule has 0 heterocycles. The molecule has 0 aromatic carbocycles. The van der Waals surface area contributed by atoms with Gasteiger partial charge in [0.2, 0.25) is 0 Å². The number of amides is 4. The number of carbonyl (C=O) groups excluding carboxylic acids is 2. The number of primary amides is 3. The van der Waals surface area contributed by atoms with Gasteiger partial charge in [0.1, 0.15) is 0 Å². The lowest BCUT2D eigenvalue weighted by Gasteiger charge is -1.99. The molecule has 0 aliphatic carbocycles. The van der Waals surface area contributed by atoms with E-state index in [1.807, 2.05) is 12.4 Å². The minimum Gasteiger partial charge on any atom is -0.352 e. The van der Waals surface area contributed by atoms with E-state index in [2.05, 4.69) is 16.3 Å². The van der Waals surface area contributed by atoms with E-state index in [-0.39, 0.29) is 0 Å². The Morgan fingerprint density at radius 3 is 2.08 bits per heavy atom. The standard InChI is InChI=1S/C5H12N2O2.CH4N2O/c1-2-3-4-9-7-5(6)8;2-1(3)4/h2-4H2,1H3,(H3,6,7,8);(H4,2,3,4). The first-order valence-electron chi connectivity index (χ1n) is 3.72. The highest BCUT2D eigenvalue weighted by atomic mass is 16.7. The molecule has 0 aromatic rings. The van der Waals surface area contributed by atoms with Gasteiger partial charge in [-0.25, -0.2) is 15.1 Å². The van der Waals surface area contributed by atoms with Crippen molar-refractivity contribution in [1.29, 1.82) is 0 Å². The van der Waals surface area contributed by atoms with Crippen LogP contribution in [0.2, 0.25) is 0 Å². The number of unbranched alkanes of at least 4 members (excludes halogenated alkanes) is 1. The van der Waals surface area contributed by atoms with Crippen LogP contribution in [-0.2, 0) is 4.84 Å². The summed E-state index contributed by atoms with van der Waals surface area (Å²) in [6, 6.07) is -1.48. The van der Waals surface area contributed by atoms with Crippen LogP contribution in [0.25, 0.3) is 0 Å². The molecule has 0 saturated carbocycles. The summed E-state index contributed by atoms with van der Waals surface area (Å²) in [6.07, 6.45) is 1.97. The van der Waals surface area contributed by atoms with E-state index in [1.165, 1.54) is 0 Å². The normalized spacial score (nSPS) is 8.08. The molecular weight excluding hydrogens is 176 g/mol. The van der Waals surface area contributed by atoms with Gasteiger partial charge in [-0.1, -0.05) is 13.3 Å². The summed E-state index contributed by atoms with van der Waals surface area (Å²) in [5, 5.41) is 0. The topological polar surface area (TPSA) is 133 Å². The molecule has 0 fully saturated rings. The molecule has 78 valence electrons. The number of hydroxylamine groups is 1. The first kappa shape index (κ1) is 14.0. The molecule has 0 bridgehead atoms. The minimum atomic E-state index is -0.833. The van der Waals surface area contributed by atoms with Gasteiger partial charge in [0.05, 0.1) is 6.61 Å². The first-order chi connectivity index (χ1) is 6.00. The molecule has 0 rings (SSSR count). The molecule has 13 heavy (non-hydrogen) atoms. The minimum absolute atomic E-state index is 0.527. The summed E-state index contributed by atoms with van der Waals surface area (Å²) in [4.78, 5) is 23.6. The van der Waals surface area contributed by atoms with Crippen molar-refractivity contribution in [2.75, 3.05) is 6.61 Å². The second-order valence-electron chi connectivity index (χ2n) is 2.07. The van der Waals surface area contributed by atoms with Crippen LogP contribution in [0.1, 0.15) is 19.8 Å². The van der Waals surface area contributed by atoms with Gasteiger partial charge >= 0.3 is 12.1 Å². The van der Waals surface area contributed by atoms with Gasteiger partial charge in [-0.3, -0.25) is 4.84 Å². The van der Waals surface area contributed by atoms with E-state index in [0.29, 0.717) is 6.61 Å². The largest absolute Gasteiger partial charge is 0.352 e. The van der Waals surface area contributed by atoms with Crippen LogP contribution in [0.4, 0.5) is 9.59 Å². The highest BCUT2D eigenvalue weighted by Gasteiger charge is 1.88. The SMILES string of the molecule is CCCCONC(N)=O.NC(N)=O. The van der Waals surface area contributed by atoms with Crippen LogP contribution >= 0.6 is 0 Å². The maximum absolute atomic E-state index is 9.95. The second kappa shape index (κ2) is 10.5. The first-order valence-corrected chi connectivity index (χ1v) is 3.72. The van der Waals surface area contributed by atoms with E-state index >= 15 is 0 Å². The van der Waals surface area contributed by atoms with Crippen molar-refractivity contribution in [3.63, 3.8) is 0 Å². The Labute approximate surface area is 76.5 Å². The maximum atomic E-state index is 9.95. The quantitative estimate of drug-likeness (QED) is 0.350. The highest BCUT2D eigenvalue weighted by molar-refractivity contribution is 5.70. The zero-order chi connectivity index (χ0) is 10.7. The zero-order valence-corrected chi connectivity index (χ0v) is 7.58. The molecule has 0 aliphatic heterocycles. The van der Waals surface area contributed by atoms with E-state index in [4.69, 9.17) is 10.5 Å². The average Bonchev–Trinajstić information content (AvgIpc) is 1.97. The Kier molecular flexibility index (Phi) is 11.3. The summed E-state index contributed by atoms with van der Waals surface area (Å²) < 4.78 is 0. The fourth-order valence-corrected chi connectivity index (χ4v) is 0.339. The van der Waals surface area contributed by atoms with Crippen molar-refractivity contribution < 1.29 is 14.4 Å². The van der Waals surface area contributed by atoms with Crippen molar-refractivity contribution >= 4 is 12.1 Å². The fourth-order valence-electron chi connectivity index (χ4n) is 0.339.